The summed E-state index contributed by atoms with van der Waals surface area (Å²) in [5.74, 6) is 0. The fraction of sp³-hybridized carbons (Fsp3) is 0.455. The number of hydrogen-bond donors (Lipinski definition) is 0. The molecule has 1 aliphatic rings. The molecule has 0 atom stereocenters. The van der Waals surface area contributed by atoms with E-state index >= 15 is 0 Å². The summed E-state index contributed by atoms with van der Waals surface area (Å²) in [6, 6.07) is 1.90. The standard InChI is InChI=1S/C11H12ClN3/c12-11-8-4-2-1-3-5-9(8)14-10-6-7-13-15(10)11/h6-7H,1-5H2. The van der Waals surface area contributed by atoms with Gasteiger partial charge in [0.1, 0.15) is 5.15 Å². The number of rotatable bonds is 0. The van der Waals surface area contributed by atoms with E-state index in [0.717, 1.165) is 23.6 Å². The fourth-order valence-electron chi connectivity index (χ4n) is 2.21. The van der Waals surface area contributed by atoms with Gasteiger partial charge in [0, 0.05) is 17.3 Å². The van der Waals surface area contributed by atoms with E-state index in [1.54, 1.807) is 10.7 Å². The Hall–Kier alpha value is -1.09. The minimum absolute atomic E-state index is 0.752. The first-order chi connectivity index (χ1) is 7.36. The molecule has 0 spiro atoms. The van der Waals surface area contributed by atoms with Gasteiger partial charge >= 0.3 is 0 Å². The van der Waals surface area contributed by atoms with Crippen LogP contribution < -0.4 is 0 Å². The largest absolute Gasteiger partial charge is 0.233 e. The molecule has 0 amide bonds. The molecule has 0 N–H and O–H groups in total. The van der Waals surface area contributed by atoms with Gasteiger partial charge in [-0.25, -0.2) is 9.50 Å². The quantitative estimate of drug-likeness (QED) is 0.506. The third-order valence-corrected chi connectivity index (χ3v) is 3.38. The van der Waals surface area contributed by atoms with Gasteiger partial charge in [0.2, 0.25) is 0 Å². The molecule has 2 heterocycles. The first kappa shape index (κ1) is 9.16. The van der Waals surface area contributed by atoms with E-state index in [9.17, 15) is 0 Å². The maximum atomic E-state index is 6.33. The molecule has 0 unspecified atom stereocenters. The first-order valence-corrected chi connectivity index (χ1v) is 5.75. The third kappa shape index (κ3) is 1.42. The molecule has 2 aromatic rings. The van der Waals surface area contributed by atoms with Crippen molar-refractivity contribution in [2.75, 3.05) is 0 Å². The maximum Gasteiger partial charge on any atom is 0.156 e. The van der Waals surface area contributed by atoms with Crippen molar-refractivity contribution < 1.29 is 0 Å². The van der Waals surface area contributed by atoms with Crippen LogP contribution in [0.15, 0.2) is 12.3 Å². The van der Waals surface area contributed by atoms with Crippen LogP contribution in [0.5, 0.6) is 0 Å². The van der Waals surface area contributed by atoms with Crippen molar-refractivity contribution in [2.45, 2.75) is 32.1 Å². The highest BCUT2D eigenvalue weighted by Crippen LogP contribution is 2.26. The number of hydrogen-bond acceptors (Lipinski definition) is 2. The average molecular weight is 222 g/mol. The van der Waals surface area contributed by atoms with Crippen molar-refractivity contribution in [3.63, 3.8) is 0 Å². The molecule has 0 fully saturated rings. The van der Waals surface area contributed by atoms with E-state index < -0.39 is 0 Å². The van der Waals surface area contributed by atoms with Crippen molar-refractivity contribution in [1.29, 1.82) is 0 Å². The highest BCUT2D eigenvalue weighted by atomic mass is 35.5. The SMILES string of the molecule is Clc1c2c(nc3ccnn13)CCCCC2. The summed E-state index contributed by atoms with van der Waals surface area (Å²) < 4.78 is 1.73. The number of aryl methyl sites for hydroxylation is 1. The minimum Gasteiger partial charge on any atom is -0.233 e. The van der Waals surface area contributed by atoms with Gasteiger partial charge in [0.15, 0.2) is 5.65 Å². The molecule has 15 heavy (non-hydrogen) atoms. The van der Waals surface area contributed by atoms with Gasteiger partial charge < -0.3 is 0 Å². The summed E-state index contributed by atoms with van der Waals surface area (Å²) >= 11 is 6.33. The Morgan fingerprint density at radius 3 is 3.00 bits per heavy atom. The van der Waals surface area contributed by atoms with Gasteiger partial charge in [0.25, 0.3) is 0 Å². The Labute approximate surface area is 93.1 Å². The smallest absolute Gasteiger partial charge is 0.156 e. The number of halogens is 1. The molecular formula is C11H12ClN3. The molecule has 0 radical (unpaired) electrons. The van der Waals surface area contributed by atoms with E-state index in [1.807, 2.05) is 6.07 Å². The minimum atomic E-state index is 0.752. The second-order valence-corrected chi connectivity index (χ2v) is 4.35. The van der Waals surface area contributed by atoms with Crippen LogP contribution in [-0.2, 0) is 12.8 Å². The fourth-order valence-corrected chi connectivity index (χ4v) is 2.54. The summed E-state index contributed by atoms with van der Waals surface area (Å²) in [5.41, 5.74) is 3.23. The van der Waals surface area contributed by atoms with E-state index in [-0.39, 0.29) is 0 Å². The lowest BCUT2D eigenvalue weighted by atomic mass is 10.1. The lowest BCUT2D eigenvalue weighted by Gasteiger charge is -2.08. The van der Waals surface area contributed by atoms with E-state index in [1.165, 1.54) is 30.5 Å². The zero-order chi connectivity index (χ0) is 10.3. The molecule has 0 aromatic carbocycles. The van der Waals surface area contributed by atoms with Crippen LogP contribution in [0.3, 0.4) is 0 Å². The van der Waals surface area contributed by atoms with Gasteiger partial charge in [-0.15, -0.1) is 0 Å². The van der Waals surface area contributed by atoms with Crippen molar-refractivity contribution in [2.24, 2.45) is 0 Å². The van der Waals surface area contributed by atoms with Crippen molar-refractivity contribution in [1.82, 2.24) is 14.6 Å². The predicted octanol–water partition coefficient (Wildman–Crippen LogP) is 2.65. The lowest BCUT2D eigenvalue weighted by Crippen LogP contribution is -2.03. The molecular weight excluding hydrogens is 210 g/mol. The van der Waals surface area contributed by atoms with Crippen LogP contribution in [-0.4, -0.2) is 14.6 Å². The van der Waals surface area contributed by atoms with E-state index in [4.69, 9.17) is 11.6 Å². The predicted molar refractivity (Wildman–Crippen MR) is 59.3 cm³/mol. The second kappa shape index (κ2) is 3.49. The number of fused-ring (bicyclic) bond motifs is 2. The van der Waals surface area contributed by atoms with Crippen LogP contribution in [0.4, 0.5) is 0 Å². The van der Waals surface area contributed by atoms with Crippen LogP contribution in [0.1, 0.15) is 30.5 Å². The van der Waals surface area contributed by atoms with Crippen LogP contribution in [0, 0.1) is 0 Å². The average Bonchev–Trinajstić information content (AvgIpc) is 2.56. The Balaban J connectivity index is 2.28. The lowest BCUT2D eigenvalue weighted by molar-refractivity contribution is 0.709. The van der Waals surface area contributed by atoms with Gasteiger partial charge in [-0.3, -0.25) is 0 Å². The molecule has 0 saturated heterocycles. The van der Waals surface area contributed by atoms with Gasteiger partial charge in [-0.2, -0.15) is 5.10 Å². The molecule has 1 aliphatic carbocycles. The van der Waals surface area contributed by atoms with Crippen LogP contribution in [0.25, 0.3) is 5.65 Å². The van der Waals surface area contributed by atoms with Crippen molar-refractivity contribution in [3.05, 3.63) is 28.7 Å². The third-order valence-electron chi connectivity index (χ3n) is 3.00. The summed E-state index contributed by atoms with van der Waals surface area (Å²) in [6.07, 6.45) is 7.54. The van der Waals surface area contributed by atoms with Gasteiger partial charge in [0.05, 0.1) is 6.20 Å². The van der Waals surface area contributed by atoms with Gasteiger partial charge in [-0.05, 0) is 25.7 Å². The van der Waals surface area contributed by atoms with E-state index in [2.05, 4.69) is 10.1 Å². The molecule has 78 valence electrons. The van der Waals surface area contributed by atoms with Gasteiger partial charge in [-0.1, -0.05) is 18.0 Å². The molecule has 4 heteroatoms. The number of aromatic nitrogens is 3. The summed E-state index contributed by atoms with van der Waals surface area (Å²) in [7, 11) is 0. The molecule has 0 saturated carbocycles. The molecule has 0 aliphatic heterocycles. The highest BCUT2D eigenvalue weighted by molar-refractivity contribution is 6.30. The molecule has 2 aromatic heterocycles. The summed E-state index contributed by atoms with van der Waals surface area (Å²) in [5, 5.41) is 4.93. The van der Waals surface area contributed by atoms with Crippen LogP contribution >= 0.6 is 11.6 Å². The summed E-state index contributed by atoms with van der Waals surface area (Å²) in [6.45, 7) is 0. The molecule has 3 nitrogen and oxygen atoms in total. The summed E-state index contributed by atoms with van der Waals surface area (Å²) in [4.78, 5) is 4.61. The highest BCUT2D eigenvalue weighted by Gasteiger charge is 2.16. The first-order valence-electron chi connectivity index (χ1n) is 5.37. The Bertz CT molecular complexity index is 504. The normalized spacial score (nSPS) is 16.3. The monoisotopic (exact) mass is 221 g/mol. The van der Waals surface area contributed by atoms with Crippen molar-refractivity contribution in [3.8, 4) is 0 Å². The Morgan fingerprint density at radius 1 is 1.20 bits per heavy atom. The Kier molecular flexibility index (Phi) is 2.13. The second-order valence-electron chi connectivity index (χ2n) is 3.99. The zero-order valence-corrected chi connectivity index (χ0v) is 9.17. The molecule has 0 bridgehead atoms. The van der Waals surface area contributed by atoms with E-state index in [0.29, 0.717) is 0 Å². The number of nitrogens with zero attached hydrogens (tertiary/aromatic N) is 3. The van der Waals surface area contributed by atoms with Crippen molar-refractivity contribution >= 4 is 17.2 Å². The zero-order valence-electron chi connectivity index (χ0n) is 8.41. The maximum absolute atomic E-state index is 6.33. The Morgan fingerprint density at radius 2 is 2.07 bits per heavy atom. The topological polar surface area (TPSA) is 30.2 Å². The molecule has 3 rings (SSSR count). The van der Waals surface area contributed by atoms with Crippen LogP contribution in [0.2, 0.25) is 5.15 Å².